The standard InChI is InChI=1S/C11H12BrN5O2/c12-9-1-2-10(17(18)19)8(5-9)6-13-4-3-11-14-7-15-16-11/h1-2,5,7,13H,3-4,6H2,(H,14,15,16). The second-order valence-electron chi connectivity index (χ2n) is 3.89. The number of aromatic nitrogens is 3. The normalized spacial score (nSPS) is 10.6. The van der Waals surface area contributed by atoms with Crippen molar-refractivity contribution in [2.45, 2.75) is 13.0 Å². The zero-order valence-electron chi connectivity index (χ0n) is 9.97. The van der Waals surface area contributed by atoms with Crippen LogP contribution in [0.3, 0.4) is 0 Å². The summed E-state index contributed by atoms with van der Waals surface area (Å²) in [6, 6.07) is 4.91. The number of halogens is 1. The number of rotatable bonds is 6. The van der Waals surface area contributed by atoms with Crippen LogP contribution in [0.4, 0.5) is 5.69 Å². The second kappa shape index (κ2) is 6.39. The molecule has 0 fully saturated rings. The largest absolute Gasteiger partial charge is 0.312 e. The first-order chi connectivity index (χ1) is 9.16. The maximum absolute atomic E-state index is 10.9. The highest BCUT2D eigenvalue weighted by Gasteiger charge is 2.13. The monoisotopic (exact) mass is 325 g/mol. The molecule has 0 unspecified atom stereocenters. The fraction of sp³-hybridized carbons (Fsp3) is 0.273. The quantitative estimate of drug-likeness (QED) is 0.479. The molecule has 2 N–H and O–H groups in total. The Hall–Kier alpha value is -1.80. The minimum Gasteiger partial charge on any atom is -0.312 e. The third-order valence-electron chi connectivity index (χ3n) is 2.56. The van der Waals surface area contributed by atoms with Gasteiger partial charge in [0.1, 0.15) is 12.2 Å². The van der Waals surface area contributed by atoms with E-state index in [1.165, 1.54) is 12.4 Å². The van der Waals surface area contributed by atoms with Crippen molar-refractivity contribution in [2.24, 2.45) is 0 Å². The predicted molar refractivity (Wildman–Crippen MR) is 72.6 cm³/mol. The summed E-state index contributed by atoms with van der Waals surface area (Å²) in [5, 5.41) is 20.5. The number of benzene rings is 1. The number of aromatic amines is 1. The first kappa shape index (κ1) is 13.6. The summed E-state index contributed by atoms with van der Waals surface area (Å²) in [7, 11) is 0. The van der Waals surface area contributed by atoms with Gasteiger partial charge >= 0.3 is 0 Å². The lowest BCUT2D eigenvalue weighted by Gasteiger charge is -2.05. The van der Waals surface area contributed by atoms with E-state index < -0.39 is 0 Å². The van der Waals surface area contributed by atoms with Crippen LogP contribution in [0, 0.1) is 10.1 Å². The molecule has 0 atom stereocenters. The smallest absolute Gasteiger partial charge is 0.273 e. The summed E-state index contributed by atoms with van der Waals surface area (Å²) in [4.78, 5) is 14.5. The Bertz CT molecular complexity index is 558. The van der Waals surface area contributed by atoms with Crippen LogP contribution in [0.5, 0.6) is 0 Å². The summed E-state index contributed by atoms with van der Waals surface area (Å²) in [6.07, 6.45) is 2.15. The molecule has 0 saturated carbocycles. The molecule has 0 spiro atoms. The van der Waals surface area contributed by atoms with E-state index >= 15 is 0 Å². The maximum Gasteiger partial charge on any atom is 0.273 e. The van der Waals surface area contributed by atoms with Crippen LogP contribution >= 0.6 is 15.9 Å². The fourth-order valence-electron chi connectivity index (χ4n) is 1.65. The zero-order valence-corrected chi connectivity index (χ0v) is 11.6. The van der Waals surface area contributed by atoms with E-state index in [1.807, 2.05) is 0 Å². The Kier molecular flexibility index (Phi) is 4.58. The van der Waals surface area contributed by atoms with Gasteiger partial charge in [-0.2, -0.15) is 5.10 Å². The number of H-pyrrole nitrogens is 1. The lowest BCUT2D eigenvalue weighted by atomic mass is 10.2. The van der Waals surface area contributed by atoms with Gasteiger partial charge in [-0.05, 0) is 12.1 Å². The van der Waals surface area contributed by atoms with Crippen molar-refractivity contribution in [1.82, 2.24) is 20.5 Å². The molecule has 100 valence electrons. The van der Waals surface area contributed by atoms with E-state index in [4.69, 9.17) is 0 Å². The Morgan fingerprint density at radius 1 is 1.47 bits per heavy atom. The summed E-state index contributed by atoms with van der Waals surface area (Å²) < 4.78 is 0.824. The molecule has 19 heavy (non-hydrogen) atoms. The lowest BCUT2D eigenvalue weighted by molar-refractivity contribution is -0.385. The summed E-state index contributed by atoms with van der Waals surface area (Å²) in [5.74, 6) is 0.788. The van der Waals surface area contributed by atoms with Crippen LogP contribution in [0.15, 0.2) is 29.0 Å². The van der Waals surface area contributed by atoms with Crippen molar-refractivity contribution in [3.63, 3.8) is 0 Å². The van der Waals surface area contributed by atoms with Gasteiger partial charge in [-0.25, -0.2) is 4.98 Å². The van der Waals surface area contributed by atoms with Crippen molar-refractivity contribution < 1.29 is 4.92 Å². The van der Waals surface area contributed by atoms with Crippen LogP contribution in [0.25, 0.3) is 0 Å². The predicted octanol–water partition coefficient (Wildman–Crippen LogP) is 1.81. The van der Waals surface area contributed by atoms with Crippen molar-refractivity contribution >= 4 is 21.6 Å². The van der Waals surface area contributed by atoms with Crippen LogP contribution in [0.2, 0.25) is 0 Å². The first-order valence-corrected chi connectivity index (χ1v) is 6.44. The molecular formula is C11H12BrN5O2. The highest BCUT2D eigenvalue weighted by atomic mass is 79.9. The van der Waals surface area contributed by atoms with Crippen LogP contribution in [-0.4, -0.2) is 26.6 Å². The summed E-state index contributed by atoms with van der Waals surface area (Å²) in [5.41, 5.74) is 0.771. The summed E-state index contributed by atoms with van der Waals surface area (Å²) >= 11 is 3.31. The minimum atomic E-state index is -0.375. The number of nitro groups is 1. The molecule has 0 radical (unpaired) electrons. The van der Waals surface area contributed by atoms with Crippen LogP contribution in [-0.2, 0) is 13.0 Å². The fourth-order valence-corrected chi connectivity index (χ4v) is 2.06. The van der Waals surface area contributed by atoms with E-state index in [-0.39, 0.29) is 10.6 Å². The topological polar surface area (TPSA) is 96.7 Å². The Morgan fingerprint density at radius 2 is 2.32 bits per heavy atom. The number of nitro benzene ring substituents is 1. The van der Waals surface area contributed by atoms with E-state index in [0.717, 1.165) is 10.3 Å². The van der Waals surface area contributed by atoms with Gasteiger partial charge in [0.25, 0.3) is 5.69 Å². The number of nitrogens with zero attached hydrogens (tertiary/aromatic N) is 3. The van der Waals surface area contributed by atoms with E-state index in [2.05, 4.69) is 36.4 Å². The van der Waals surface area contributed by atoms with Gasteiger partial charge < -0.3 is 5.32 Å². The SMILES string of the molecule is O=[N+]([O-])c1ccc(Br)cc1CNCCc1ncn[nH]1. The molecule has 0 aliphatic rings. The molecule has 7 nitrogen and oxygen atoms in total. The van der Waals surface area contributed by atoms with Gasteiger partial charge in [0.2, 0.25) is 0 Å². The number of hydrogen-bond acceptors (Lipinski definition) is 5. The molecule has 2 aromatic rings. The Morgan fingerprint density at radius 3 is 3.00 bits per heavy atom. The van der Waals surface area contributed by atoms with E-state index in [9.17, 15) is 10.1 Å². The first-order valence-electron chi connectivity index (χ1n) is 5.64. The van der Waals surface area contributed by atoms with Crippen molar-refractivity contribution in [1.29, 1.82) is 0 Å². The number of nitrogens with one attached hydrogen (secondary N) is 2. The van der Waals surface area contributed by atoms with Crippen LogP contribution in [0.1, 0.15) is 11.4 Å². The Balaban J connectivity index is 1.91. The van der Waals surface area contributed by atoms with E-state index in [0.29, 0.717) is 25.1 Å². The Labute approximate surface area is 117 Å². The zero-order chi connectivity index (χ0) is 13.7. The molecule has 0 bridgehead atoms. The van der Waals surface area contributed by atoms with Gasteiger partial charge in [-0.15, -0.1) is 0 Å². The number of hydrogen-bond donors (Lipinski definition) is 2. The molecule has 0 aliphatic heterocycles. The second-order valence-corrected chi connectivity index (χ2v) is 4.80. The maximum atomic E-state index is 10.9. The third-order valence-corrected chi connectivity index (χ3v) is 3.05. The van der Waals surface area contributed by atoms with Gasteiger partial charge in [0.05, 0.1) is 4.92 Å². The minimum absolute atomic E-state index is 0.121. The molecule has 1 aromatic heterocycles. The van der Waals surface area contributed by atoms with Crippen molar-refractivity contribution in [3.8, 4) is 0 Å². The van der Waals surface area contributed by atoms with Gasteiger partial charge in [0, 0.05) is 35.6 Å². The molecule has 0 saturated heterocycles. The van der Waals surface area contributed by atoms with Gasteiger partial charge in [0.15, 0.2) is 0 Å². The van der Waals surface area contributed by atoms with Crippen molar-refractivity contribution in [3.05, 3.63) is 50.5 Å². The van der Waals surface area contributed by atoms with Gasteiger partial charge in [-0.3, -0.25) is 15.2 Å². The molecule has 0 aliphatic carbocycles. The van der Waals surface area contributed by atoms with Gasteiger partial charge in [-0.1, -0.05) is 15.9 Å². The molecule has 2 rings (SSSR count). The van der Waals surface area contributed by atoms with Crippen LogP contribution < -0.4 is 5.32 Å². The lowest BCUT2D eigenvalue weighted by Crippen LogP contribution is -2.18. The third kappa shape index (κ3) is 3.83. The van der Waals surface area contributed by atoms with E-state index in [1.54, 1.807) is 12.1 Å². The average Bonchev–Trinajstić information content (AvgIpc) is 2.87. The molecule has 1 heterocycles. The highest BCUT2D eigenvalue weighted by molar-refractivity contribution is 9.10. The molecule has 0 amide bonds. The molecular weight excluding hydrogens is 314 g/mol. The molecule has 1 aromatic carbocycles. The van der Waals surface area contributed by atoms with Crippen molar-refractivity contribution in [2.75, 3.05) is 6.54 Å². The summed E-state index contributed by atoms with van der Waals surface area (Å²) in [6.45, 7) is 1.10. The average molecular weight is 326 g/mol. The highest BCUT2D eigenvalue weighted by Crippen LogP contribution is 2.22. The molecule has 8 heteroatoms.